The van der Waals surface area contributed by atoms with Crippen molar-refractivity contribution < 1.29 is 19.4 Å². The Morgan fingerprint density at radius 1 is 1.33 bits per heavy atom. The molecule has 0 bridgehead atoms. The molecule has 0 spiro atoms. The van der Waals surface area contributed by atoms with Crippen molar-refractivity contribution in [3.63, 3.8) is 0 Å². The molecule has 1 aliphatic rings. The van der Waals surface area contributed by atoms with E-state index in [0.717, 1.165) is 11.6 Å². The molecular formula is C13H13NO4. The van der Waals surface area contributed by atoms with Gasteiger partial charge in [-0.15, -0.1) is 0 Å². The Morgan fingerprint density at radius 2 is 2.06 bits per heavy atom. The molecule has 0 aromatic heterocycles. The Balaban J connectivity index is 1.80. The number of nitrogens with one attached hydrogen (secondary N) is 1. The number of ether oxygens (including phenoxy) is 1. The summed E-state index contributed by atoms with van der Waals surface area (Å²) in [5, 5.41) is 11.8. The van der Waals surface area contributed by atoms with E-state index in [4.69, 9.17) is 4.74 Å². The third kappa shape index (κ3) is 3.10. The van der Waals surface area contributed by atoms with Gasteiger partial charge in [0.2, 0.25) is 5.91 Å². The second kappa shape index (κ2) is 5.35. The lowest BCUT2D eigenvalue weighted by Crippen LogP contribution is -2.31. The summed E-state index contributed by atoms with van der Waals surface area (Å²) in [6.07, 6.45) is 0.996. The van der Waals surface area contributed by atoms with Crippen LogP contribution in [-0.2, 0) is 20.9 Å². The zero-order valence-corrected chi connectivity index (χ0v) is 9.63. The molecule has 0 fully saturated rings. The number of aliphatic hydroxyl groups excluding tert-OH is 1. The molecule has 0 aliphatic carbocycles. The van der Waals surface area contributed by atoms with Gasteiger partial charge in [-0.3, -0.25) is 9.59 Å². The van der Waals surface area contributed by atoms with Gasteiger partial charge in [0.05, 0.1) is 12.5 Å². The number of amides is 1. The largest absolute Gasteiger partial charge is 0.510 e. The lowest BCUT2D eigenvalue weighted by Gasteiger charge is -2.11. The van der Waals surface area contributed by atoms with Gasteiger partial charge in [-0.25, -0.2) is 0 Å². The highest BCUT2D eigenvalue weighted by atomic mass is 16.5. The van der Waals surface area contributed by atoms with E-state index in [-0.39, 0.29) is 18.8 Å². The van der Waals surface area contributed by atoms with Gasteiger partial charge < -0.3 is 15.2 Å². The molecule has 1 atom stereocenters. The molecule has 0 saturated heterocycles. The molecular weight excluding hydrogens is 234 g/mol. The highest BCUT2D eigenvalue weighted by Gasteiger charge is 2.26. The van der Waals surface area contributed by atoms with Gasteiger partial charge in [-0.05, 0) is 5.56 Å². The third-order valence-electron chi connectivity index (χ3n) is 2.57. The van der Waals surface area contributed by atoms with E-state index < -0.39 is 17.9 Å². The summed E-state index contributed by atoms with van der Waals surface area (Å²) in [7, 11) is 0. The average Bonchev–Trinajstić information content (AvgIpc) is 2.67. The molecule has 1 aromatic carbocycles. The molecule has 5 heteroatoms. The zero-order chi connectivity index (χ0) is 13.0. The minimum absolute atomic E-state index is 0.0685. The molecule has 0 radical (unpaired) electrons. The maximum atomic E-state index is 11.5. The smallest absolute Gasteiger partial charge is 0.308 e. The predicted molar refractivity (Wildman–Crippen MR) is 63.5 cm³/mol. The first-order valence-electron chi connectivity index (χ1n) is 5.56. The lowest BCUT2D eigenvalue weighted by atomic mass is 10.2. The first-order chi connectivity index (χ1) is 8.65. The van der Waals surface area contributed by atoms with Gasteiger partial charge in [0.15, 0.2) is 0 Å². The maximum Gasteiger partial charge on any atom is 0.308 e. The van der Waals surface area contributed by atoms with Crippen molar-refractivity contribution in [3.8, 4) is 0 Å². The summed E-state index contributed by atoms with van der Waals surface area (Å²) in [6.45, 7) is 0.185. The molecule has 94 valence electrons. The molecule has 2 rings (SSSR count). The minimum Gasteiger partial charge on any atom is -0.510 e. The molecule has 1 amide bonds. The fraction of sp³-hybridized carbons (Fsp3) is 0.231. The number of hydrogen-bond donors (Lipinski definition) is 2. The number of carbonyl (C=O) groups is 2. The van der Waals surface area contributed by atoms with Crippen molar-refractivity contribution in [3.05, 3.63) is 47.7 Å². The Kier molecular flexibility index (Phi) is 3.62. The Morgan fingerprint density at radius 3 is 2.67 bits per heavy atom. The molecule has 5 nitrogen and oxygen atoms in total. The lowest BCUT2D eigenvalue weighted by molar-refractivity contribution is -0.145. The average molecular weight is 247 g/mol. The number of rotatable bonds is 4. The maximum absolute atomic E-state index is 11.5. The standard InChI is InChI=1S/C13H13NO4/c15-11-7-12(16)14-10(11)6-13(17)18-8-9-4-2-1-3-5-9/h1-5,7,10,15H,6,8H2,(H,14,16)/t10-/m0/s1. The first kappa shape index (κ1) is 12.2. The van der Waals surface area contributed by atoms with E-state index in [2.05, 4.69) is 5.32 Å². The van der Waals surface area contributed by atoms with E-state index in [0.29, 0.717) is 0 Å². The fourth-order valence-corrected chi connectivity index (χ4v) is 1.64. The fourth-order valence-electron chi connectivity index (χ4n) is 1.64. The zero-order valence-electron chi connectivity index (χ0n) is 9.63. The van der Waals surface area contributed by atoms with E-state index in [1.54, 1.807) is 0 Å². The Bertz CT molecular complexity index is 481. The van der Waals surface area contributed by atoms with Crippen molar-refractivity contribution in [1.82, 2.24) is 5.32 Å². The van der Waals surface area contributed by atoms with Gasteiger partial charge in [-0.2, -0.15) is 0 Å². The predicted octanol–water partition coefficient (Wildman–Crippen LogP) is 1.06. The summed E-state index contributed by atoms with van der Waals surface area (Å²) in [6, 6.07) is 8.62. The monoisotopic (exact) mass is 247 g/mol. The van der Waals surface area contributed by atoms with Gasteiger partial charge in [0.25, 0.3) is 0 Å². The van der Waals surface area contributed by atoms with Gasteiger partial charge in [0, 0.05) is 6.08 Å². The highest BCUT2D eigenvalue weighted by Crippen LogP contribution is 2.11. The quantitative estimate of drug-likeness (QED) is 0.780. The van der Waals surface area contributed by atoms with Crippen LogP contribution in [0.2, 0.25) is 0 Å². The molecule has 1 heterocycles. The van der Waals surface area contributed by atoms with Crippen LogP contribution in [0, 0.1) is 0 Å². The van der Waals surface area contributed by atoms with Crippen molar-refractivity contribution >= 4 is 11.9 Å². The van der Waals surface area contributed by atoms with Crippen LogP contribution < -0.4 is 5.32 Å². The number of esters is 1. The van der Waals surface area contributed by atoms with Gasteiger partial charge in [-0.1, -0.05) is 30.3 Å². The molecule has 1 aliphatic heterocycles. The van der Waals surface area contributed by atoms with E-state index >= 15 is 0 Å². The van der Waals surface area contributed by atoms with Crippen LogP contribution in [0.15, 0.2) is 42.2 Å². The first-order valence-corrected chi connectivity index (χ1v) is 5.56. The summed E-state index contributed by atoms with van der Waals surface area (Å²) in [5.74, 6) is -0.990. The van der Waals surface area contributed by atoms with Crippen molar-refractivity contribution in [2.75, 3.05) is 0 Å². The summed E-state index contributed by atoms with van der Waals surface area (Å²) < 4.78 is 5.05. The van der Waals surface area contributed by atoms with Crippen LogP contribution in [0.3, 0.4) is 0 Å². The highest BCUT2D eigenvalue weighted by molar-refractivity contribution is 5.92. The number of carbonyl (C=O) groups excluding carboxylic acids is 2. The summed E-state index contributed by atoms with van der Waals surface area (Å²) >= 11 is 0. The SMILES string of the molecule is O=C1C=C(O)[C@H](CC(=O)OCc2ccccc2)N1. The van der Waals surface area contributed by atoms with Crippen molar-refractivity contribution in [2.24, 2.45) is 0 Å². The molecule has 0 saturated carbocycles. The van der Waals surface area contributed by atoms with E-state index in [1.165, 1.54) is 0 Å². The molecule has 2 N–H and O–H groups in total. The second-order valence-electron chi connectivity index (χ2n) is 3.98. The van der Waals surface area contributed by atoms with Crippen LogP contribution in [-0.4, -0.2) is 23.0 Å². The number of benzene rings is 1. The Hall–Kier alpha value is -2.30. The summed E-state index contributed by atoms with van der Waals surface area (Å²) in [5.41, 5.74) is 0.890. The normalized spacial score (nSPS) is 18.1. The number of aliphatic hydroxyl groups is 1. The van der Waals surface area contributed by atoms with Crippen LogP contribution >= 0.6 is 0 Å². The summed E-state index contributed by atoms with van der Waals surface area (Å²) in [4.78, 5) is 22.4. The third-order valence-corrected chi connectivity index (χ3v) is 2.57. The van der Waals surface area contributed by atoms with Crippen molar-refractivity contribution in [2.45, 2.75) is 19.1 Å². The second-order valence-corrected chi connectivity index (χ2v) is 3.98. The van der Waals surface area contributed by atoms with Crippen molar-refractivity contribution in [1.29, 1.82) is 0 Å². The number of hydrogen-bond acceptors (Lipinski definition) is 4. The van der Waals surface area contributed by atoms with Crippen LogP contribution in [0.5, 0.6) is 0 Å². The van der Waals surface area contributed by atoms with Crippen LogP contribution in [0.1, 0.15) is 12.0 Å². The molecule has 0 unspecified atom stereocenters. The molecule has 1 aromatic rings. The van der Waals surface area contributed by atoms with Crippen LogP contribution in [0.4, 0.5) is 0 Å². The van der Waals surface area contributed by atoms with Gasteiger partial charge >= 0.3 is 5.97 Å². The van der Waals surface area contributed by atoms with Crippen LogP contribution in [0.25, 0.3) is 0 Å². The van der Waals surface area contributed by atoms with E-state index in [1.807, 2.05) is 30.3 Å². The van der Waals surface area contributed by atoms with E-state index in [9.17, 15) is 14.7 Å². The Labute approximate surface area is 104 Å². The minimum atomic E-state index is -0.666. The topological polar surface area (TPSA) is 75.6 Å². The molecule has 18 heavy (non-hydrogen) atoms. The van der Waals surface area contributed by atoms with Gasteiger partial charge in [0.1, 0.15) is 12.4 Å².